The summed E-state index contributed by atoms with van der Waals surface area (Å²) in [5, 5.41) is 12.4. The second-order valence-corrected chi connectivity index (χ2v) is 5.87. The molecule has 2 atom stereocenters. The highest BCUT2D eigenvalue weighted by Gasteiger charge is 2.34. The lowest BCUT2D eigenvalue weighted by Crippen LogP contribution is -2.53. The van der Waals surface area contributed by atoms with Crippen LogP contribution in [0.25, 0.3) is 0 Å². The summed E-state index contributed by atoms with van der Waals surface area (Å²) in [4.78, 5) is 16.4. The Morgan fingerprint density at radius 3 is 2.55 bits per heavy atom. The van der Waals surface area contributed by atoms with E-state index in [-0.39, 0.29) is 0 Å². The lowest BCUT2D eigenvalue weighted by atomic mass is 9.90. The molecule has 1 rings (SSSR count). The highest BCUT2D eigenvalue weighted by Crippen LogP contribution is 2.18. The summed E-state index contributed by atoms with van der Waals surface area (Å²) in [5.74, 6) is -0.730. The fourth-order valence-corrected chi connectivity index (χ4v) is 3.19. The molecular weight excluding hydrogens is 254 g/mol. The summed E-state index contributed by atoms with van der Waals surface area (Å²) in [6, 6.07) is 0.605. The van der Waals surface area contributed by atoms with Gasteiger partial charge in [0, 0.05) is 25.7 Å². The number of carboxylic acids is 1. The van der Waals surface area contributed by atoms with Crippen molar-refractivity contribution in [1.82, 2.24) is 15.1 Å². The number of nitrogens with one attached hydrogen (secondary N) is 1. The van der Waals surface area contributed by atoms with Gasteiger partial charge in [-0.25, -0.2) is 0 Å². The highest BCUT2D eigenvalue weighted by molar-refractivity contribution is 5.78. The molecule has 0 amide bonds. The number of carboxylic acid groups (broad SMARTS) is 1. The molecule has 5 nitrogen and oxygen atoms in total. The number of hydrogen-bond donors (Lipinski definition) is 2. The van der Waals surface area contributed by atoms with Crippen molar-refractivity contribution in [2.75, 3.05) is 39.8 Å². The third kappa shape index (κ3) is 4.17. The molecule has 0 aromatic rings. The van der Waals surface area contributed by atoms with Gasteiger partial charge >= 0.3 is 5.97 Å². The van der Waals surface area contributed by atoms with Gasteiger partial charge in [0.25, 0.3) is 0 Å². The maximum absolute atomic E-state index is 11.4. The zero-order valence-electron chi connectivity index (χ0n) is 13.5. The van der Waals surface area contributed by atoms with Crippen LogP contribution in [0.2, 0.25) is 0 Å². The van der Waals surface area contributed by atoms with E-state index in [0.29, 0.717) is 18.9 Å². The van der Waals surface area contributed by atoms with E-state index in [0.717, 1.165) is 39.1 Å². The minimum atomic E-state index is -0.753. The standard InChI is InChI=1S/C15H31N3O2/c1-5-15(16-4,14(19)20)8-7-9-17-10-11-18(6-2)13(3)12-17/h13,16H,5-12H2,1-4H3,(H,19,20). The minimum absolute atomic E-state index is 0.605. The molecule has 1 heterocycles. The first-order valence-electron chi connectivity index (χ1n) is 7.87. The number of rotatable bonds is 8. The summed E-state index contributed by atoms with van der Waals surface area (Å²) < 4.78 is 0. The molecule has 0 saturated carbocycles. The van der Waals surface area contributed by atoms with Crippen LogP contribution in [0.4, 0.5) is 0 Å². The second-order valence-electron chi connectivity index (χ2n) is 5.87. The molecule has 2 unspecified atom stereocenters. The van der Waals surface area contributed by atoms with Crippen LogP contribution in [0, 0.1) is 0 Å². The van der Waals surface area contributed by atoms with Gasteiger partial charge in [0.2, 0.25) is 0 Å². The van der Waals surface area contributed by atoms with Crippen molar-refractivity contribution in [3.8, 4) is 0 Å². The summed E-state index contributed by atoms with van der Waals surface area (Å²) >= 11 is 0. The van der Waals surface area contributed by atoms with E-state index in [4.69, 9.17) is 0 Å². The van der Waals surface area contributed by atoms with Crippen molar-refractivity contribution < 1.29 is 9.90 Å². The first-order valence-corrected chi connectivity index (χ1v) is 7.87. The predicted octanol–water partition coefficient (Wildman–Crippen LogP) is 1.25. The fraction of sp³-hybridized carbons (Fsp3) is 0.933. The van der Waals surface area contributed by atoms with E-state index in [1.54, 1.807) is 7.05 Å². The third-order valence-electron chi connectivity index (χ3n) is 4.82. The number of hydrogen-bond acceptors (Lipinski definition) is 4. The molecule has 2 N–H and O–H groups in total. The van der Waals surface area contributed by atoms with Crippen molar-refractivity contribution in [1.29, 1.82) is 0 Å². The normalized spacial score (nSPS) is 24.5. The van der Waals surface area contributed by atoms with Crippen LogP contribution in [0.1, 0.15) is 40.0 Å². The highest BCUT2D eigenvalue weighted by atomic mass is 16.4. The molecule has 0 aliphatic carbocycles. The third-order valence-corrected chi connectivity index (χ3v) is 4.82. The quantitative estimate of drug-likeness (QED) is 0.703. The average molecular weight is 285 g/mol. The Kier molecular flexibility index (Phi) is 6.92. The van der Waals surface area contributed by atoms with Crippen molar-refractivity contribution in [3.63, 3.8) is 0 Å². The van der Waals surface area contributed by atoms with Gasteiger partial charge in [-0.15, -0.1) is 0 Å². The first kappa shape index (κ1) is 17.4. The zero-order valence-corrected chi connectivity index (χ0v) is 13.5. The van der Waals surface area contributed by atoms with Gasteiger partial charge in [0.15, 0.2) is 0 Å². The molecule has 1 saturated heterocycles. The summed E-state index contributed by atoms with van der Waals surface area (Å²) in [6.45, 7) is 11.9. The van der Waals surface area contributed by atoms with E-state index < -0.39 is 11.5 Å². The van der Waals surface area contributed by atoms with Gasteiger partial charge in [-0.2, -0.15) is 0 Å². The van der Waals surface area contributed by atoms with Gasteiger partial charge in [-0.05, 0) is 46.3 Å². The maximum atomic E-state index is 11.4. The molecule has 1 aliphatic heterocycles. The summed E-state index contributed by atoms with van der Waals surface area (Å²) in [6.07, 6.45) is 2.25. The SMILES string of the molecule is CCN1CCN(CCCC(CC)(NC)C(=O)O)CC1C. The van der Waals surface area contributed by atoms with Crippen LogP contribution in [-0.4, -0.2) is 72.2 Å². The van der Waals surface area contributed by atoms with Crippen molar-refractivity contribution in [2.24, 2.45) is 0 Å². The molecule has 1 aliphatic rings. The van der Waals surface area contributed by atoms with Crippen LogP contribution < -0.4 is 5.32 Å². The van der Waals surface area contributed by atoms with Crippen molar-refractivity contribution >= 4 is 5.97 Å². The molecule has 0 aromatic heterocycles. The molecule has 118 valence electrons. The van der Waals surface area contributed by atoms with E-state index in [2.05, 4.69) is 29.0 Å². The summed E-state index contributed by atoms with van der Waals surface area (Å²) in [7, 11) is 1.75. The lowest BCUT2D eigenvalue weighted by Gasteiger charge is -2.39. The Balaban J connectivity index is 2.39. The van der Waals surface area contributed by atoms with Gasteiger partial charge < -0.3 is 15.3 Å². The van der Waals surface area contributed by atoms with E-state index >= 15 is 0 Å². The molecule has 0 bridgehead atoms. The Morgan fingerprint density at radius 1 is 1.40 bits per heavy atom. The van der Waals surface area contributed by atoms with Gasteiger partial charge in [0.05, 0.1) is 0 Å². The molecular formula is C15H31N3O2. The molecule has 1 fully saturated rings. The van der Waals surface area contributed by atoms with E-state index in [1.165, 1.54) is 0 Å². The topological polar surface area (TPSA) is 55.8 Å². The van der Waals surface area contributed by atoms with E-state index in [9.17, 15) is 9.90 Å². The monoisotopic (exact) mass is 285 g/mol. The number of piperazine rings is 1. The average Bonchev–Trinajstić information content (AvgIpc) is 2.44. The minimum Gasteiger partial charge on any atom is -0.480 e. The maximum Gasteiger partial charge on any atom is 0.323 e. The van der Waals surface area contributed by atoms with Crippen LogP contribution in [0.5, 0.6) is 0 Å². The molecule has 20 heavy (non-hydrogen) atoms. The summed E-state index contributed by atoms with van der Waals surface area (Å²) in [5.41, 5.74) is -0.753. The predicted molar refractivity (Wildman–Crippen MR) is 82.1 cm³/mol. The van der Waals surface area contributed by atoms with Crippen LogP contribution in [0.15, 0.2) is 0 Å². The van der Waals surface area contributed by atoms with Crippen LogP contribution >= 0.6 is 0 Å². The van der Waals surface area contributed by atoms with Gasteiger partial charge in [0.1, 0.15) is 5.54 Å². The Morgan fingerprint density at radius 2 is 2.10 bits per heavy atom. The molecule has 0 aromatic carbocycles. The van der Waals surface area contributed by atoms with Crippen molar-refractivity contribution in [3.05, 3.63) is 0 Å². The Labute approximate surface area is 123 Å². The fourth-order valence-electron chi connectivity index (χ4n) is 3.19. The number of aliphatic carboxylic acids is 1. The zero-order chi connectivity index (χ0) is 15.2. The lowest BCUT2D eigenvalue weighted by molar-refractivity contribution is -0.145. The largest absolute Gasteiger partial charge is 0.480 e. The number of nitrogens with zero attached hydrogens (tertiary/aromatic N) is 2. The van der Waals surface area contributed by atoms with Gasteiger partial charge in [-0.3, -0.25) is 9.69 Å². The van der Waals surface area contributed by atoms with Crippen LogP contribution in [0.3, 0.4) is 0 Å². The smallest absolute Gasteiger partial charge is 0.323 e. The van der Waals surface area contributed by atoms with Crippen molar-refractivity contribution in [2.45, 2.75) is 51.6 Å². The van der Waals surface area contributed by atoms with E-state index in [1.807, 2.05) is 6.92 Å². The van der Waals surface area contributed by atoms with Crippen LogP contribution in [-0.2, 0) is 4.79 Å². The Hall–Kier alpha value is -0.650. The molecule has 0 radical (unpaired) electrons. The first-order chi connectivity index (χ1) is 9.49. The molecule has 5 heteroatoms. The van der Waals surface area contributed by atoms with Gasteiger partial charge in [-0.1, -0.05) is 13.8 Å². The molecule has 0 spiro atoms. The number of carbonyl (C=O) groups is 1. The second kappa shape index (κ2) is 7.96. The number of likely N-dealkylation sites (N-methyl/N-ethyl adjacent to an activating group) is 2. The Bertz CT molecular complexity index is 305.